The third-order valence-electron chi connectivity index (χ3n) is 0.829. The Balaban J connectivity index is 2.65. The van der Waals surface area contributed by atoms with E-state index in [-0.39, 0.29) is 0 Å². The molecular formula is C6H13ClO2S. The van der Waals surface area contributed by atoms with Gasteiger partial charge in [-0.1, -0.05) is 0 Å². The minimum Gasteiger partial charge on any atom is -0.378 e. The second-order valence-electron chi connectivity index (χ2n) is 1.64. The van der Waals surface area contributed by atoms with Crippen molar-refractivity contribution < 1.29 is 9.47 Å². The minimum absolute atomic E-state index is 0.548. The molecule has 0 spiro atoms. The molecule has 0 heterocycles. The summed E-state index contributed by atoms with van der Waals surface area (Å²) in [5, 5.41) is 0. The monoisotopic (exact) mass is 184 g/mol. The van der Waals surface area contributed by atoms with Crippen LogP contribution in [-0.4, -0.2) is 38.1 Å². The van der Waals surface area contributed by atoms with E-state index in [0.717, 1.165) is 5.75 Å². The Labute approximate surface area is 72.2 Å². The lowest BCUT2D eigenvalue weighted by Gasteiger charge is -2.01. The summed E-state index contributed by atoms with van der Waals surface area (Å²) in [6.07, 6.45) is 0. The molecule has 0 bridgehead atoms. The van der Waals surface area contributed by atoms with Crippen LogP contribution in [0.3, 0.4) is 0 Å². The Hall–Kier alpha value is 0.560. The van der Waals surface area contributed by atoms with Gasteiger partial charge in [-0.15, -0.1) is 11.6 Å². The van der Waals surface area contributed by atoms with E-state index >= 15 is 0 Å². The fraction of sp³-hybridized carbons (Fsp3) is 1.00. The molecule has 2 nitrogen and oxygen atoms in total. The van der Waals surface area contributed by atoms with E-state index in [1.54, 1.807) is 0 Å². The molecule has 0 N–H and O–H groups in total. The number of hydrogen-bond donors (Lipinski definition) is 1. The van der Waals surface area contributed by atoms with Gasteiger partial charge in [-0.2, -0.15) is 12.6 Å². The summed E-state index contributed by atoms with van der Waals surface area (Å²) in [6, 6.07) is 0. The Morgan fingerprint density at radius 1 is 1.00 bits per heavy atom. The van der Waals surface area contributed by atoms with Crippen molar-refractivity contribution >= 4 is 24.2 Å². The van der Waals surface area contributed by atoms with Gasteiger partial charge in [0.25, 0.3) is 0 Å². The first-order valence-corrected chi connectivity index (χ1v) is 4.41. The van der Waals surface area contributed by atoms with Gasteiger partial charge in [-0.25, -0.2) is 0 Å². The molecule has 0 aliphatic rings. The summed E-state index contributed by atoms with van der Waals surface area (Å²) < 4.78 is 10.1. The number of ether oxygens (including phenoxy) is 2. The second kappa shape index (κ2) is 9.56. The molecule has 10 heavy (non-hydrogen) atoms. The van der Waals surface area contributed by atoms with E-state index in [1.165, 1.54) is 0 Å². The first-order valence-electron chi connectivity index (χ1n) is 3.24. The molecule has 0 saturated carbocycles. The lowest BCUT2D eigenvalue weighted by molar-refractivity contribution is 0.0603. The van der Waals surface area contributed by atoms with E-state index < -0.39 is 0 Å². The summed E-state index contributed by atoms with van der Waals surface area (Å²) >= 11 is 9.34. The van der Waals surface area contributed by atoms with E-state index in [4.69, 9.17) is 21.1 Å². The molecule has 0 atom stereocenters. The highest BCUT2D eigenvalue weighted by Crippen LogP contribution is 1.81. The molecule has 0 aliphatic heterocycles. The molecule has 0 aromatic rings. The zero-order chi connectivity index (χ0) is 7.66. The van der Waals surface area contributed by atoms with Crippen molar-refractivity contribution in [3.8, 4) is 0 Å². The van der Waals surface area contributed by atoms with Crippen molar-refractivity contribution in [1.29, 1.82) is 0 Å². The van der Waals surface area contributed by atoms with Gasteiger partial charge in [-0.05, 0) is 0 Å². The quantitative estimate of drug-likeness (QED) is 0.364. The number of rotatable bonds is 7. The molecule has 62 valence electrons. The summed E-state index contributed by atoms with van der Waals surface area (Å²) in [6.45, 7) is 2.55. The van der Waals surface area contributed by atoms with Crippen LogP contribution in [0.25, 0.3) is 0 Å². The molecule has 0 saturated heterocycles. The first kappa shape index (κ1) is 10.6. The van der Waals surface area contributed by atoms with Gasteiger partial charge in [0.2, 0.25) is 0 Å². The normalized spacial score (nSPS) is 10.2. The molecule has 4 heteroatoms. The van der Waals surface area contributed by atoms with Crippen LogP contribution < -0.4 is 0 Å². The Bertz CT molecular complexity index is 55.7. The average molecular weight is 185 g/mol. The fourth-order valence-corrected chi connectivity index (χ4v) is 0.679. The maximum atomic E-state index is 5.36. The Morgan fingerprint density at radius 2 is 1.60 bits per heavy atom. The molecule has 0 fully saturated rings. The van der Waals surface area contributed by atoms with E-state index in [1.807, 2.05) is 0 Å². The lowest BCUT2D eigenvalue weighted by atomic mass is 10.7. The maximum absolute atomic E-state index is 5.36. The zero-order valence-corrected chi connectivity index (χ0v) is 7.53. The van der Waals surface area contributed by atoms with E-state index in [9.17, 15) is 0 Å². The molecule has 0 amide bonds. The number of halogens is 1. The first-order chi connectivity index (χ1) is 4.91. The highest BCUT2D eigenvalue weighted by atomic mass is 35.5. The number of alkyl halides is 1. The third kappa shape index (κ3) is 8.56. The Kier molecular flexibility index (Phi) is 10.1. The summed E-state index contributed by atoms with van der Waals surface area (Å²) in [5.74, 6) is 1.31. The van der Waals surface area contributed by atoms with Crippen LogP contribution in [0.15, 0.2) is 0 Å². The van der Waals surface area contributed by atoms with Crippen molar-refractivity contribution in [2.45, 2.75) is 0 Å². The van der Waals surface area contributed by atoms with Crippen LogP contribution >= 0.6 is 24.2 Å². The van der Waals surface area contributed by atoms with Gasteiger partial charge < -0.3 is 9.47 Å². The summed E-state index contributed by atoms with van der Waals surface area (Å²) in [4.78, 5) is 0. The molecule has 0 aromatic heterocycles. The summed E-state index contributed by atoms with van der Waals surface area (Å²) in [7, 11) is 0. The average Bonchev–Trinajstić information content (AvgIpc) is 1.97. The third-order valence-corrected chi connectivity index (χ3v) is 1.17. The summed E-state index contributed by atoms with van der Waals surface area (Å²) in [5.41, 5.74) is 0. The smallest absolute Gasteiger partial charge is 0.0701 e. The maximum Gasteiger partial charge on any atom is 0.0701 e. The van der Waals surface area contributed by atoms with Crippen molar-refractivity contribution in [2.75, 3.05) is 38.1 Å². The zero-order valence-electron chi connectivity index (χ0n) is 5.88. The number of hydrogen-bond acceptors (Lipinski definition) is 3. The second-order valence-corrected chi connectivity index (χ2v) is 2.46. The topological polar surface area (TPSA) is 18.5 Å². The molecule has 0 unspecified atom stereocenters. The van der Waals surface area contributed by atoms with Crippen molar-refractivity contribution in [1.82, 2.24) is 0 Å². The minimum atomic E-state index is 0.548. The van der Waals surface area contributed by atoms with Crippen LogP contribution in [0.5, 0.6) is 0 Å². The van der Waals surface area contributed by atoms with E-state index in [2.05, 4.69) is 12.6 Å². The molecule has 0 rings (SSSR count). The largest absolute Gasteiger partial charge is 0.378 e. The van der Waals surface area contributed by atoms with Crippen LogP contribution in [0.2, 0.25) is 0 Å². The van der Waals surface area contributed by atoms with Crippen LogP contribution in [0, 0.1) is 0 Å². The van der Waals surface area contributed by atoms with Crippen LogP contribution in [-0.2, 0) is 9.47 Å². The predicted molar refractivity (Wildman–Crippen MR) is 46.2 cm³/mol. The van der Waals surface area contributed by atoms with Gasteiger partial charge in [-0.3, -0.25) is 0 Å². The van der Waals surface area contributed by atoms with Crippen molar-refractivity contribution in [3.63, 3.8) is 0 Å². The van der Waals surface area contributed by atoms with Crippen molar-refractivity contribution in [2.24, 2.45) is 0 Å². The van der Waals surface area contributed by atoms with Crippen LogP contribution in [0.4, 0.5) is 0 Å². The Morgan fingerprint density at radius 3 is 2.10 bits per heavy atom. The van der Waals surface area contributed by atoms with Gasteiger partial charge in [0, 0.05) is 11.6 Å². The lowest BCUT2D eigenvalue weighted by Crippen LogP contribution is -2.06. The highest BCUT2D eigenvalue weighted by Gasteiger charge is 1.86. The predicted octanol–water partition coefficient (Wildman–Crippen LogP) is 1.19. The highest BCUT2D eigenvalue weighted by molar-refractivity contribution is 7.80. The number of thiol groups is 1. The van der Waals surface area contributed by atoms with Gasteiger partial charge in [0.05, 0.1) is 26.4 Å². The molecule has 0 aromatic carbocycles. The fourth-order valence-electron chi connectivity index (χ4n) is 0.441. The molecule has 0 aliphatic carbocycles. The van der Waals surface area contributed by atoms with Gasteiger partial charge >= 0.3 is 0 Å². The van der Waals surface area contributed by atoms with Gasteiger partial charge in [0.15, 0.2) is 0 Å². The molecule has 0 radical (unpaired) electrons. The standard InChI is InChI=1S/C6H13ClO2S/c7-1-2-8-3-4-9-5-6-10/h10H,1-6H2. The van der Waals surface area contributed by atoms with Crippen LogP contribution in [0.1, 0.15) is 0 Å². The van der Waals surface area contributed by atoms with Crippen molar-refractivity contribution in [3.05, 3.63) is 0 Å². The van der Waals surface area contributed by atoms with Gasteiger partial charge in [0.1, 0.15) is 0 Å². The van der Waals surface area contributed by atoms with E-state index in [0.29, 0.717) is 32.3 Å². The molecular weight excluding hydrogens is 172 g/mol. The SMILES string of the molecule is SCCOCCOCCCl.